The number of hydrogen-bond donors (Lipinski definition) is 3. The molecule has 2 rings (SSSR count). The van der Waals surface area contributed by atoms with Crippen LogP contribution in [-0.4, -0.2) is 15.1 Å². The summed E-state index contributed by atoms with van der Waals surface area (Å²) in [6, 6.07) is 9.52. The van der Waals surface area contributed by atoms with Crippen molar-refractivity contribution >= 4 is 12.2 Å². The summed E-state index contributed by atoms with van der Waals surface area (Å²) in [4.78, 5) is 5.49. The summed E-state index contributed by atoms with van der Waals surface area (Å²) in [5, 5.41) is 9.43. The Morgan fingerprint density at radius 1 is 1.08 bits per heavy atom. The molecule has 0 spiro atoms. The first kappa shape index (κ1) is 8.07. The Hall–Kier alpha value is -1.55. The number of H-pyrrole nitrogens is 2. The van der Waals surface area contributed by atoms with Crippen molar-refractivity contribution in [3.05, 3.63) is 35.1 Å². The molecule has 0 fully saturated rings. The van der Waals surface area contributed by atoms with Gasteiger partial charge in [0.05, 0.1) is 0 Å². The standard InChI is InChI=1S/C9H8N2OS/c12-8-7(10-9(13)11-8)6-4-2-1-3-5-6/h1-5,12H,(H2,10,11,13). The van der Waals surface area contributed by atoms with Crippen molar-refractivity contribution in [3.63, 3.8) is 0 Å². The number of benzene rings is 1. The monoisotopic (exact) mass is 192 g/mol. The van der Waals surface area contributed by atoms with Gasteiger partial charge >= 0.3 is 0 Å². The maximum absolute atomic E-state index is 9.43. The summed E-state index contributed by atoms with van der Waals surface area (Å²) in [5.41, 5.74) is 1.54. The Morgan fingerprint density at radius 3 is 2.31 bits per heavy atom. The lowest BCUT2D eigenvalue weighted by atomic mass is 10.2. The Balaban J connectivity index is 2.59. The zero-order valence-electron chi connectivity index (χ0n) is 6.74. The predicted octanol–water partition coefficient (Wildman–Crippen LogP) is 2.44. The number of aromatic amines is 2. The van der Waals surface area contributed by atoms with Gasteiger partial charge < -0.3 is 15.1 Å². The third-order valence-corrected chi connectivity index (χ3v) is 1.97. The van der Waals surface area contributed by atoms with E-state index in [0.29, 0.717) is 10.5 Å². The van der Waals surface area contributed by atoms with E-state index in [0.717, 1.165) is 5.56 Å². The quantitative estimate of drug-likeness (QED) is 0.608. The molecular formula is C9H8N2OS. The Bertz CT molecular complexity index is 458. The second-order valence-electron chi connectivity index (χ2n) is 2.67. The van der Waals surface area contributed by atoms with Gasteiger partial charge in [0.25, 0.3) is 0 Å². The third kappa shape index (κ3) is 1.48. The number of aromatic hydroxyl groups is 1. The van der Waals surface area contributed by atoms with Gasteiger partial charge in [-0.05, 0) is 12.2 Å². The van der Waals surface area contributed by atoms with Crippen molar-refractivity contribution in [2.45, 2.75) is 0 Å². The molecule has 0 unspecified atom stereocenters. The molecule has 0 saturated heterocycles. The normalized spacial score (nSPS) is 10.2. The third-order valence-electron chi connectivity index (χ3n) is 1.77. The van der Waals surface area contributed by atoms with Gasteiger partial charge in [0.1, 0.15) is 5.69 Å². The van der Waals surface area contributed by atoms with Crippen molar-refractivity contribution in [2.24, 2.45) is 0 Å². The Kier molecular flexibility index (Phi) is 1.90. The molecule has 0 aliphatic rings. The lowest BCUT2D eigenvalue weighted by molar-refractivity contribution is 0.458. The maximum Gasteiger partial charge on any atom is 0.215 e. The summed E-state index contributed by atoms with van der Waals surface area (Å²) in [5.74, 6) is 0.0798. The lowest BCUT2D eigenvalue weighted by Gasteiger charge is -1.96. The average Bonchev–Trinajstić information content (AvgIpc) is 2.47. The van der Waals surface area contributed by atoms with Gasteiger partial charge in [0.15, 0.2) is 4.77 Å². The van der Waals surface area contributed by atoms with E-state index in [2.05, 4.69) is 9.97 Å². The second-order valence-corrected chi connectivity index (χ2v) is 3.08. The second kappa shape index (κ2) is 3.06. The van der Waals surface area contributed by atoms with E-state index >= 15 is 0 Å². The van der Waals surface area contributed by atoms with Crippen LogP contribution in [0.5, 0.6) is 5.88 Å². The molecule has 13 heavy (non-hydrogen) atoms. The largest absolute Gasteiger partial charge is 0.493 e. The molecule has 0 radical (unpaired) electrons. The summed E-state index contributed by atoms with van der Waals surface area (Å²) < 4.78 is 0.427. The van der Waals surface area contributed by atoms with Crippen LogP contribution >= 0.6 is 12.2 Å². The number of nitrogens with one attached hydrogen (secondary N) is 2. The molecule has 0 amide bonds. The molecule has 66 valence electrons. The van der Waals surface area contributed by atoms with Crippen LogP contribution in [0.1, 0.15) is 0 Å². The smallest absolute Gasteiger partial charge is 0.215 e. The fraction of sp³-hybridized carbons (Fsp3) is 0. The fourth-order valence-corrected chi connectivity index (χ4v) is 1.39. The average molecular weight is 192 g/mol. The van der Waals surface area contributed by atoms with Crippen LogP contribution in [0.4, 0.5) is 0 Å². The highest BCUT2D eigenvalue weighted by Crippen LogP contribution is 2.24. The van der Waals surface area contributed by atoms with E-state index in [1.54, 1.807) is 0 Å². The highest BCUT2D eigenvalue weighted by Gasteiger charge is 2.04. The summed E-state index contributed by atoms with van der Waals surface area (Å²) >= 11 is 4.85. The summed E-state index contributed by atoms with van der Waals surface area (Å²) in [6.45, 7) is 0. The minimum Gasteiger partial charge on any atom is -0.493 e. The van der Waals surface area contributed by atoms with Crippen LogP contribution in [0.25, 0.3) is 11.3 Å². The molecule has 0 aliphatic carbocycles. The molecule has 1 aromatic carbocycles. The van der Waals surface area contributed by atoms with Gasteiger partial charge in [-0.25, -0.2) is 0 Å². The molecule has 3 N–H and O–H groups in total. The molecular weight excluding hydrogens is 184 g/mol. The highest BCUT2D eigenvalue weighted by atomic mass is 32.1. The molecule has 3 nitrogen and oxygen atoms in total. The van der Waals surface area contributed by atoms with Gasteiger partial charge in [-0.15, -0.1) is 0 Å². The Labute approximate surface area is 80.1 Å². The van der Waals surface area contributed by atoms with E-state index in [-0.39, 0.29) is 5.88 Å². The van der Waals surface area contributed by atoms with Gasteiger partial charge in [0, 0.05) is 5.56 Å². The minimum atomic E-state index is 0.0798. The van der Waals surface area contributed by atoms with E-state index in [1.807, 2.05) is 30.3 Å². The topological polar surface area (TPSA) is 51.8 Å². The van der Waals surface area contributed by atoms with E-state index < -0.39 is 0 Å². The first-order valence-electron chi connectivity index (χ1n) is 3.84. The molecule has 0 atom stereocenters. The van der Waals surface area contributed by atoms with Crippen LogP contribution in [0.2, 0.25) is 0 Å². The van der Waals surface area contributed by atoms with Gasteiger partial charge in [0.2, 0.25) is 5.88 Å². The zero-order valence-corrected chi connectivity index (χ0v) is 7.56. The number of aromatic nitrogens is 2. The van der Waals surface area contributed by atoms with E-state index in [1.165, 1.54) is 0 Å². The summed E-state index contributed by atoms with van der Waals surface area (Å²) in [6.07, 6.45) is 0. The summed E-state index contributed by atoms with van der Waals surface area (Å²) in [7, 11) is 0. The zero-order chi connectivity index (χ0) is 9.26. The molecule has 0 bridgehead atoms. The van der Waals surface area contributed by atoms with Crippen molar-refractivity contribution in [1.29, 1.82) is 0 Å². The first-order valence-corrected chi connectivity index (χ1v) is 4.25. The fourth-order valence-electron chi connectivity index (χ4n) is 1.19. The number of imidazole rings is 1. The van der Waals surface area contributed by atoms with Crippen molar-refractivity contribution in [1.82, 2.24) is 9.97 Å². The minimum absolute atomic E-state index is 0.0798. The SMILES string of the molecule is Oc1[nH]c(=S)[nH]c1-c1ccccc1. The van der Waals surface area contributed by atoms with Crippen LogP contribution < -0.4 is 0 Å². The van der Waals surface area contributed by atoms with Crippen molar-refractivity contribution in [2.75, 3.05) is 0 Å². The number of hydrogen-bond acceptors (Lipinski definition) is 2. The van der Waals surface area contributed by atoms with Gasteiger partial charge in [-0.3, -0.25) is 0 Å². The molecule has 1 aromatic heterocycles. The van der Waals surface area contributed by atoms with E-state index in [9.17, 15) is 5.11 Å². The first-order chi connectivity index (χ1) is 6.27. The van der Waals surface area contributed by atoms with Crippen LogP contribution in [0, 0.1) is 4.77 Å². The van der Waals surface area contributed by atoms with Crippen LogP contribution in [0.15, 0.2) is 30.3 Å². The maximum atomic E-state index is 9.43. The molecule has 0 saturated carbocycles. The highest BCUT2D eigenvalue weighted by molar-refractivity contribution is 7.71. The Morgan fingerprint density at radius 2 is 1.77 bits per heavy atom. The van der Waals surface area contributed by atoms with Crippen molar-refractivity contribution < 1.29 is 5.11 Å². The molecule has 2 aromatic rings. The van der Waals surface area contributed by atoms with E-state index in [4.69, 9.17) is 12.2 Å². The van der Waals surface area contributed by atoms with Crippen LogP contribution in [-0.2, 0) is 0 Å². The van der Waals surface area contributed by atoms with Crippen molar-refractivity contribution in [3.8, 4) is 17.1 Å². The molecule has 1 heterocycles. The predicted molar refractivity (Wildman–Crippen MR) is 53.1 cm³/mol. The van der Waals surface area contributed by atoms with Crippen LogP contribution in [0.3, 0.4) is 0 Å². The molecule has 4 heteroatoms. The van der Waals surface area contributed by atoms with Gasteiger partial charge in [-0.2, -0.15) is 0 Å². The molecule has 0 aliphatic heterocycles. The lowest BCUT2D eigenvalue weighted by Crippen LogP contribution is -1.76. The van der Waals surface area contributed by atoms with Gasteiger partial charge in [-0.1, -0.05) is 30.3 Å². The number of rotatable bonds is 1.